The lowest BCUT2D eigenvalue weighted by molar-refractivity contribution is 0.652. The number of hydrogen-bond donors (Lipinski definition) is 0. The topological polar surface area (TPSA) is 0 Å². The van der Waals surface area contributed by atoms with E-state index < -0.39 is 0 Å². The molecular weight excluding hydrogens is 384 g/mol. The molecular formula is C32H38. The first-order valence-electron chi connectivity index (χ1n) is 12.8. The fourth-order valence-corrected chi connectivity index (χ4v) is 5.19. The van der Waals surface area contributed by atoms with Gasteiger partial charge in [0, 0.05) is 0 Å². The Morgan fingerprint density at radius 1 is 0.469 bits per heavy atom. The van der Waals surface area contributed by atoms with Crippen LogP contribution < -0.4 is 0 Å². The van der Waals surface area contributed by atoms with Crippen molar-refractivity contribution in [2.24, 2.45) is 0 Å². The monoisotopic (exact) mass is 422 g/mol. The minimum absolute atomic E-state index is 1.19. The zero-order valence-electron chi connectivity index (χ0n) is 20.0. The van der Waals surface area contributed by atoms with E-state index in [0.29, 0.717) is 0 Å². The highest BCUT2D eigenvalue weighted by Gasteiger charge is 2.16. The summed E-state index contributed by atoms with van der Waals surface area (Å²) in [5.74, 6) is 0. The molecule has 0 fully saturated rings. The summed E-state index contributed by atoms with van der Waals surface area (Å²) in [6, 6.07) is 27.2. The lowest BCUT2D eigenvalue weighted by Gasteiger charge is -2.20. The molecule has 0 heteroatoms. The van der Waals surface area contributed by atoms with E-state index in [1.807, 2.05) is 0 Å². The molecule has 0 saturated carbocycles. The third-order valence-corrected chi connectivity index (χ3v) is 6.92. The van der Waals surface area contributed by atoms with E-state index in [-0.39, 0.29) is 0 Å². The molecule has 4 aromatic carbocycles. The van der Waals surface area contributed by atoms with Crippen molar-refractivity contribution in [3.63, 3.8) is 0 Å². The maximum Gasteiger partial charge on any atom is -0.0102 e. The summed E-state index contributed by atoms with van der Waals surface area (Å²) in [6.07, 6.45) is 12.9. The first-order chi connectivity index (χ1) is 15.8. The van der Waals surface area contributed by atoms with E-state index in [2.05, 4.69) is 86.6 Å². The standard InChI is InChI=1S/C32H38/c1-3-5-7-9-21-29-28-20-14-12-17-26(28)24-32(31(29)22-10-8-6-4-2)30-23-15-18-25-16-11-13-19-27(25)30/h11-20,23-24H,3-10,21-22H2,1-2H3. The van der Waals surface area contributed by atoms with Gasteiger partial charge in [-0.05, 0) is 75.5 Å². The van der Waals surface area contributed by atoms with Gasteiger partial charge in [-0.1, -0.05) is 119 Å². The van der Waals surface area contributed by atoms with Crippen molar-refractivity contribution in [3.05, 3.63) is 83.9 Å². The molecule has 0 radical (unpaired) electrons. The molecule has 0 N–H and O–H groups in total. The van der Waals surface area contributed by atoms with Crippen molar-refractivity contribution in [3.8, 4) is 11.1 Å². The summed E-state index contributed by atoms with van der Waals surface area (Å²) in [6.45, 7) is 4.60. The molecule has 0 heterocycles. The van der Waals surface area contributed by atoms with Crippen molar-refractivity contribution in [1.29, 1.82) is 0 Å². The van der Waals surface area contributed by atoms with Gasteiger partial charge in [0.15, 0.2) is 0 Å². The van der Waals surface area contributed by atoms with Crippen LogP contribution in [0, 0.1) is 0 Å². The van der Waals surface area contributed by atoms with E-state index >= 15 is 0 Å². The molecule has 0 bridgehead atoms. The highest BCUT2D eigenvalue weighted by molar-refractivity contribution is 6.01. The van der Waals surface area contributed by atoms with Gasteiger partial charge in [-0.3, -0.25) is 0 Å². The predicted molar refractivity (Wildman–Crippen MR) is 143 cm³/mol. The van der Waals surface area contributed by atoms with E-state index in [4.69, 9.17) is 0 Å². The number of benzene rings is 4. The largest absolute Gasteiger partial charge is 0.0654 e. The van der Waals surface area contributed by atoms with Gasteiger partial charge < -0.3 is 0 Å². The van der Waals surface area contributed by atoms with Gasteiger partial charge in [0.05, 0.1) is 0 Å². The summed E-state index contributed by atoms with van der Waals surface area (Å²) >= 11 is 0. The summed E-state index contributed by atoms with van der Waals surface area (Å²) in [5.41, 5.74) is 6.07. The molecule has 166 valence electrons. The van der Waals surface area contributed by atoms with Crippen LogP contribution in [0.15, 0.2) is 72.8 Å². The van der Waals surface area contributed by atoms with E-state index in [1.165, 1.54) is 96.9 Å². The smallest absolute Gasteiger partial charge is 0.0102 e. The van der Waals surface area contributed by atoms with Crippen molar-refractivity contribution in [1.82, 2.24) is 0 Å². The van der Waals surface area contributed by atoms with Crippen LogP contribution in [0.25, 0.3) is 32.7 Å². The molecule has 0 aliphatic heterocycles. The van der Waals surface area contributed by atoms with E-state index in [1.54, 1.807) is 11.1 Å². The van der Waals surface area contributed by atoms with E-state index in [0.717, 1.165) is 0 Å². The molecule has 0 aliphatic carbocycles. The Balaban J connectivity index is 1.87. The van der Waals surface area contributed by atoms with Crippen molar-refractivity contribution in [2.75, 3.05) is 0 Å². The van der Waals surface area contributed by atoms with Crippen LogP contribution in [0.3, 0.4) is 0 Å². The SMILES string of the molecule is CCCCCCc1c(-c2cccc3ccccc23)cc2ccccc2c1CCCCCC. The fraction of sp³-hybridized carbons (Fsp3) is 0.375. The Kier molecular flexibility index (Phi) is 7.99. The Morgan fingerprint density at radius 3 is 1.78 bits per heavy atom. The molecule has 0 aromatic heterocycles. The Morgan fingerprint density at radius 2 is 1.06 bits per heavy atom. The van der Waals surface area contributed by atoms with Crippen molar-refractivity contribution >= 4 is 21.5 Å². The van der Waals surface area contributed by atoms with Gasteiger partial charge in [0.25, 0.3) is 0 Å². The minimum atomic E-state index is 1.19. The highest BCUT2D eigenvalue weighted by Crippen LogP contribution is 2.38. The molecule has 0 unspecified atom stereocenters. The normalized spacial score (nSPS) is 11.4. The van der Waals surface area contributed by atoms with E-state index in [9.17, 15) is 0 Å². The third kappa shape index (κ3) is 5.07. The fourth-order valence-electron chi connectivity index (χ4n) is 5.19. The zero-order chi connectivity index (χ0) is 22.2. The average Bonchev–Trinajstić information content (AvgIpc) is 2.84. The van der Waals surface area contributed by atoms with Gasteiger partial charge in [0.1, 0.15) is 0 Å². The van der Waals surface area contributed by atoms with Gasteiger partial charge in [-0.2, -0.15) is 0 Å². The molecule has 32 heavy (non-hydrogen) atoms. The number of fused-ring (bicyclic) bond motifs is 2. The molecule has 0 nitrogen and oxygen atoms in total. The summed E-state index contributed by atoms with van der Waals surface area (Å²) < 4.78 is 0. The molecule has 0 spiro atoms. The van der Waals surface area contributed by atoms with Gasteiger partial charge in [-0.15, -0.1) is 0 Å². The van der Waals surface area contributed by atoms with Gasteiger partial charge in [-0.25, -0.2) is 0 Å². The van der Waals surface area contributed by atoms with Gasteiger partial charge >= 0.3 is 0 Å². The van der Waals surface area contributed by atoms with Crippen LogP contribution in [-0.2, 0) is 12.8 Å². The van der Waals surface area contributed by atoms with Crippen LogP contribution in [0.4, 0.5) is 0 Å². The van der Waals surface area contributed by atoms with Crippen molar-refractivity contribution < 1.29 is 0 Å². The summed E-state index contributed by atoms with van der Waals surface area (Å²) in [7, 11) is 0. The molecule has 4 rings (SSSR count). The second-order valence-electron chi connectivity index (χ2n) is 9.25. The molecule has 0 aliphatic rings. The van der Waals surface area contributed by atoms with Crippen LogP contribution in [0.1, 0.15) is 76.3 Å². The second kappa shape index (κ2) is 11.3. The average molecular weight is 423 g/mol. The Bertz CT molecular complexity index is 1150. The second-order valence-corrected chi connectivity index (χ2v) is 9.25. The number of unbranched alkanes of at least 4 members (excludes halogenated alkanes) is 6. The van der Waals surface area contributed by atoms with Crippen molar-refractivity contribution in [2.45, 2.75) is 78.1 Å². The maximum absolute atomic E-state index is 2.47. The maximum atomic E-state index is 2.47. The number of rotatable bonds is 11. The number of aryl methyl sites for hydroxylation is 1. The van der Waals surface area contributed by atoms with Gasteiger partial charge in [0.2, 0.25) is 0 Å². The lowest BCUT2D eigenvalue weighted by atomic mass is 9.84. The first kappa shape index (κ1) is 22.6. The predicted octanol–water partition coefficient (Wildman–Crippen LogP) is 9.91. The third-order valence-electron chi connectivity index (χ3n) is 6.92. The van der Waals surface area contributed by atoms with Crippen LogP contribution in [0.5, 0.6) is 0 Å². The number of hydrogen-bond acceptors (Lipinski definition) is 0. The first-order valence-corrected chi connectivity index (χ1v) is 12.8. The lowest BCUT2D eigenvalue weighted by Crippen LogP contribution is -2.01. The zero-order valence-corrected chi connectivity index (χ0v) is 20.0. The Hall–Kier alpha value is -2.60. The quantitative estimate of drug-likeness (QED) is 0.211. The Labute approximate surface area is 194 Å². The summed E-state index contributed by atoms with van der Waals surface area (Å²) in [4.78, 5) is 0. The highest BCUT2D eigenvalue weighted by atomic mass is 14.2. The van der Waals surface area contributed by atoms with Crippen LogP contribution in [0.2, 0.25) is 0 Å². The molecule has 4 aromatic rings. The van der Waals surface area contributed by atoms with Crippen LogP contribution >= 0.6 is 0 Å². The summed E-state index contributed by atoms with van der Waals surface area (Å²) in [5, 5.41) is 5.56. The minimum Gasteiger partial charge on any atom is -0.0654 e. The molecule has 0 amide bonds. The molecule has 0 saturated heterocycles. The molecule has 0 atom stereocenters. The van der Waals surface area contributed by atoms with Crippen LogP contribution in [-0.4, -0.2) is 0 Å².